The zero-order chi connectivity index (χ0) is 19.9. The van der Waals surface area contributed by atoms with Crippen LogP contribution in [0.1, 0.15) is 37.7 Å². The third-order valence-electron chi connectivity index (χ3n) is 4.33. The Balaban J connectivity index is 1.76. The van der Waals surface area contributed by atoms with Gasteiger partial charge in [0.2, 0.25) is 11.8 Å². The SMILES string of the molecule is Cc1ccc(S(=O)(=O)CCC(=O)NNC(=O)CN2CCCCCC2=O)cc1. The topological polar surface area (TPSA) is 113 Å². The molecule has 0 radical (unpaired) electrons. The Labute approximate surface area is 159 Å². The summed E-state index contributed by atoms with van der Waals surface area (Å²) in [4.78, 5) is 37.2. The predicted octanol–water partition coefficient (Wildman–Crippen LogP) is 0.709. The maximum Gasteiger partial charge on any atom is 0.257 e. The van der Waals surface area contributed by atoms with Gasteiger partial charge in [-0.15, -0.1) is 0 Å². The second-order valence-corrected chi connectivity index (χ2v) is 8.71. The third kappa shape index (κ3) is 6.67. The van der Waals surface area contributed by atoms with Crippen LogP contribution in [0.5, 0.6) is 0 Å². The predicted molar refractivity (Wildman–Crippen MR) is 99.2 cm³/mol. The van der Waals surface area contributed by atoms with Crippen LogP contribution in [0.3, 0.4) is 0 Å². The molecule has 27 heavy (non-hydrogen) atoms. The number of nitrogens with zero attached hydrogens (tertiary/aromatic N) is 1. The average Bonchev–Trinajstić information content (AvgIpc) is 2.83. The number of hydrogen-bond acceptors (Lipinski definition) is 5. The van der Waals surface area contributed by atoms with Crippen LogP contribution < -0.4 is 10.9 Å². The maximum atomic E-state index is 12.2. The van der Waals surface area contributed by atoms with E-state index in [4.69, 9.17) is 0 Å². The zero-order valence-electron chi connectivity index (χ0n) is 15.4. The monoisotopic (exact) mass is 395 g/mol. The van der Waals surface area contributed by atoms with Crippen molar-refractivity contribution in [1.29, 1.82) is 0 Å². The number of hydrogen-bond donors (Lipinski definition) is 2. The molecular formula is C18H25N3O5S. The van der Waals surface area contributed by atoms with Crippen molar-refractivity contribution in [3.05, 3.63) is 29.8 Å². The Morgan fingerprint density at radius 2 is 1.70 bits per heavy atom. The van der Waals surface area contributed by atoms with Crippen LogP contribution in [0.15, 0.2) is 29.2 Å². The van der Waals surface area contributed by atoms with Crippen molar-refractivity contribution < 1.29 is 22.8 Å². The van der Waals surface area contributed by atoms with Gasteiger partial charge in [-0.05, 0) is 31.9 Å². The molecule has 3 amide bonds. The minimum atomic E-state index is -3.57. The second-order valence-electron chi connectivity index (χ2n) is 6.60. The molecule has 0 bridgehead atoms. The third-order valence-corrected chi connectivity index (χ3v) is 6.06. The van der Waals surface area contributed by atoms with Gasteiger partial charge in [0.05, 0.1) is 10.6 Å². The molecule has 1 aromatic carbocycles. The number of carbonyl (C=O) groups is 3. The molecule has 148 valence electrons. The van der Waals surface area contributed by atoms with E-state index in [0.717, 1.165) is 24.8 Å². The molecule has 1 aliphatic heterocycles. The molecule has 9 heteroatoms. The van der Waals surface area contributed by atoms with Gasteiger partial charge in [-0.1, -0.05) is 24.1 Å². The number of aryl methyl sites for hydroxylation is 1. The van der Waals surface area contributed by atoms with Gasteiger partial charge in [0, 0.05) is 19.4 Å². The van der Waals surface area contributed by atoms with Crippen molar-refractivity contribution in [3.8, 4) is 0 Å². The minimum absolute atomic E-state index is 0.0711. The molecule has 0 aliphatic carbocycles. The Bertz CT molecular complexity index is 790. The average molecular weight is 395 g/mol. The second kappa shape index (κ2) is 9.50. The van der Waals surface area contributed by atoms with Crippen molar-refractivity contribution in [3.63, 3.8) is 0 Å². The van der Waals surface area contributed by atoms with Gasteiger partial charge in [0.25, 0.3) is 5.91 Å². The Kier molecular flexibility index (Phi) is 7.35. The smallest absolute Gasteiger partial charge is 0.257 e. The standard InChI is InChI=1S/C18H25N3O5S/c1-14-6-8-15(9-7-14)27(25,26)12-10-16(22)19-20-17(23)13-21-11-4-2-3-5-18(21)24/h6-9H,2-5,10-13H2,1H3,(H,19,22)(H,20,23). The lowest BCUT2D eigenvalue weighted by atomic mass is 10.2. The molecule has 1 saturated heterocycles. The highest BCUT2D eigenvalue weighted by molar-refractivity contribution is 7.91. The van der Waals surface area contributed by atoms with E-state index in [1.165, 1.54) is 17.0 Å². The molecular weight excluding hydrogens is 370 g/mol. The lowest BCUT2D eigenvalue weighted by Crippen LogP contribution is -2.47. The molecule has 8 nitrogen and oxygen atoms in total. The molecule has 0 unspecified atom stereocenters. The molecule has 0 saturated carbocycles. The molecule has 1 aromatic rings. The first-order valence-corrected chi connectivity index (χ1v) is 10.6. The lowest BCUT2D eigenvalue weighted by molar-refractivity contribution is -0.136. The van der Waals surface area contributed by atoms with Gasteiger partial charge < -0.3 is 4.90 Å². The van der Waals surface area contributed by atoms with E-state index in [1.807, 2.05) is 6.92 Å². The first-order valence-electron chi connectivity index (χ1n) is 8.93. The van der Waals surface area contributed by atoms with E-state index >= 15 is 0 Å². The highest BCUT2D eigenvalue weighted by atomic mass is 32.2. The zero-order valence-corrected chi connectivity index (χ0v) is 16.2. The van der Waals surface area contributed by atoms with Gasteiger partial charge in [-0.25, -0.2) is 8.42 Å². The van der Waals surface area contributed by atoms with Crippen LogP contribution in [0.2, 0.25) is 0 Å². The molecule has 1 aliphatic rings. The summed E-state index contributed by atoms with van der Waals surface area (Å²) in [6.45, 7) is 2.25. The Morgan fingerprint density at radius 3 is 2.41 bits per heavy atom. The summed E-state index contributed by atoms with van der Waals surface area (Å²) in [5, 5.41) is 0. The molecule has 0 atom stereocenters. The first-order chi connectivity index (χ1) is 12.8. The van der Waals surface area contributed by atoms with Crippen LogP contribution in [0, 0.1) is 6.92 Å². The van der Waals surface area contributed by atoms with Gasteiger partial charge in [-0.3, -0.25) is 25.2 Å². The van der Waals surface area contributed by atoms with Crippen LogP contribution in [-0.4, -0.2) is 49.9 Å². The molecule has 1 heterocycles. The van der Waals surface area contributed by atoms with Crippen molar-refractivity contribution in [2.45, 2.75) is 43.9 Å². The van der Waals surface area contributed by atoms with Gasteiger partial charge in [-0.2, -0.15) is 0 Å². The number of carbonyl (C=O) groups excluding carboxylic acids is 3. The van der Waals surface area contributed by atoms with E-state index in [2.05, 4.69) is 10.9 Å². The number of rotatable bonds is 6. The fraction of sp³-hybridized carbons (Fsp3) is 0.500. The summed E-state index contributed by atoms with van der Waals surface area (Å²) in [7, 11) is -3.57. The number of likely N-dealkylation sites (tertiary alicyclic amines) is 1. The largest absolute Gasteiger partial charge is 0.333 e. The number of hydrazine groups is 1. The summed E-state index contributed by atoms with van der Waals surface area (Å²) in [5.74, 6) is -1.55. The lowest BCUT2D eigenvalue weighted by Gasteiger charge is -2.19. The molecule has 2 N–H and O–H groups in total. The highest BCUT2D eigenvalue weighted by Crippen LogP contribution is 2.13. The molecule has 0 spiro atoms. The maximum absolute atomic E-state index is 12.2. The molecule has 1 fully saturated rings. The molecule has 2 rings (SSSR count). The van der Waals surface area contributed by atoms with Crippen LogP contribution in [0.4, 0.5) is 0 Å². The summed E-state index contributed by atoms with van der Waals surface area (Å²) in [6.07, 6.45) is 2.77. The number of sulfone groups is 1. The van der Waals surface area contributed by atoms with Crippen LogP contribution in [0.25, 0.3) is 0 Å². The summed E-state index contributed by atoms with van der Waals surface area (Å²) in [6, 6.07) is 6.39. The first kappa shape index (κ1) is 20.9. The van der Waals surface area contributed by atoms with Gasteiger partial charge in [0.1, 0.15) is 6.54 Å². The number of benzene rings is 1. The van der Waals surface area contributed by atoms with Gasteiger partial charge in [0.15, 0.2) is 9.84 Å². The van der Waals surface area contributed by atoms with Crippen LogP contribution in [-0.2, 0) is 24.2 Å². The quantitative estimate of drug-likeness (QED) is 0.689. The normalized spacial score (nSPS) is 15.1. The van der Waals surface area contributed by atoms with E-state index in [-0.39, 0.29) is 29.5 Å². The number of nitrogens with one attached hydrogen (secondary N) is 2. The summed E-state index contributed by atoms with van der Waals surface area (Å²) >= 11 is 0. The summed E-state index contributed by atoms with van der Waals surface area (Å²) in [5.41, 5.74) is 5.36. The van der Waals surface area contributed by atoms with E-state index in [1.54, 1.807) is 12.1 Å². The van der Waals surface area contributed by atoms with Crippen molar-refractivity contribution in [2.75, 3.05) is 18.8 Å². The Hall–Kier alpha value is -2.42. The van der Waals surface area contributed by atoms with E-state index in [0.29, 0.717) is 13.0 Å². The van der Waals surface area contributed by atoms with Crippen molar-refractivity contribution >= 4 is 27.6 Å². The fourth-order valence-corrected chi connectivity index (χ4v) is 3.95. The summed E-state index contributed by atoms with van der Waals surface area (Å²) < 4.78 is 24.4. The Morgan fingerprint density at radius 1 is 1.04 bits per heavy atom. The van der Waals surface area contributed by atoms with E-state index < -0.39 is 21.7 Å². The van der Waals surface area contributed by atoms with Crippen LogP contribution >= 0.6 is 0 Å². The molecule has 0 aromatic heterocycles. The van der Waals surface area contributed by atoms with E-state index in [9.17, 15) is 22.8 Å². The van der Waals surface area contributed by atoms with Crippen molar-refractivity contribution in [1.82, 2.24) is 15.8 Å². The fourth-order valence-electron chi connectivity index (χ4n) is 2.71. The van der Waals surface area contributed by atoms with Crippen molar-refractivity contribution in [2.24, 2.45) is 0 Å². The minimum Gasteiger partial charge on any atom is -0.333 e. The van der Waals surface area contributed by atoms with Gasteiger partial charge >= 0.3 is 0 Å². The highest BCUT2D eigenvalue weighted by Gasteiger charge is 2.20. The number of amides is 3.